The van der Waals surface area contributed by atoms with E-state index in [-0.39, 0.29) is 16.7 Å². The highest BCUT2D eigenvalue weighted by Gasteiger charge is 2.18. The number of halogens is 1. The van der Waals surface area contributed by atoms with Crippen LogP contribution in [0.2, 0.25) is 0 Å². The lowest BCUT2D eigenvalue weighted by atomic mass is 10.0. The Bertz CT molecular complexity index is 752. The molecule has 6 heteroatoms. The first-order valence-corrected chi connectivity index (χ1v) is 6.17. The van der Waals surface area contributed by atoms with E-state index in [4.69, 9.17) is 5.11 Å². The average molecular weight is 281 g/mol. The zero-order valence-corrected chi connectivity index (χ0v) is 11.3. The molecular formula is C13H12FNO3S. The predicted octanol–water partition coefficient (Wildman–Crippen LogP) is 2.11. The Morgan fingerprint density at radius 2 is 2.16 bits per heavy atom. The number of benzene rings is 1. The van der Waals surface area contributed by atoms with Gasteiger partial charge in [-0.2, -0.15) is 12.6 Å². The SMILES string of the molecule is Cc1c(CS)c(F)cc2c(=O)c(C(=O)O)cn(C)c12. The van der Waals surface area contributed by atoms with Crippen LogP contribution in [0.5, 0.6) is 0 Å². The number of carboxylic acid groups (broad SMARTS) is 1. The summed E-state index contributed by atoms with van der Waals surface area (Å²) in [5.41, 5.74) is 0.497. The molecule has 2 rings (SSSR count). The zero-order valence-electron chi connectivity index (χ0n) is 10.4. The van der Waals surface area contributed by atoms with Crippen LogP contribution in [-0.2, 0) is 12.8 Å². The molecule has 0 bridgehead atoms. The van der Waals surface area contributed by atoms with Crippen LogP contribution in [0.4, 0.5) is 4.39 Å². The van der Waals surface area contributed by atoms with Crippen LogP contribution in [0, 0.1) is 12.7 Å². The summed E-state index contributed by atoms with van der Waals surface area (Å²) >= 11 is 4.07. The van der Waals surface area contributed by atoms with Gasteiger partial charge < -0.3 is 9.67 Å². The molecule has 0 amide bonds. The number of hydrogen-bond donors (Lipinski definition) is 2. The maximum Gasteiger partial charge on any atom is 0.341 e. The minimum Gasteiger partial charge on any atom is -0.477 e. The number of rotatable bonds is 2. The molecule has 0 atom stereocenters. The van der Waals surface area contributed by atoms with Crippen LogP contribution in [0.3, 0.4) is 0 Å². The van der Waals surface area contributed by atoms with Crippen LogP contribution >= 0.6 is 12.6 Å². The molecule has 0 unspecified atom stereocenters. The molecule has 2 aromatic rings. The summed E-state index contributed by atoms with van der Waals surface area (Å²) in [5.74, 6) is -1.65. The van der Waals surface area contributed by atoms with Crippen molar-refractivity contribution in [2.45, 2.75) is 12.7 Å². The highest BCUT2D eigenvalue weighted by Crippen LogP contribution is 2.24. The number of aromatic nitrogens is 1. The van der Waals surface area contributed by atoms with E-state index >= 15 is 0 Å². The topological polar surface area (TPSA) is 59.3 Å². The molecule has 100 valence electrons. The minimum absolute atomic E-state index is 0.0722. The van der Waals surface area contributed by atoms with Crippen LogP contribution in [0.1, 0.15) is 21.5 Å². The third kappa shape index (κ3) is 2.02. The van der Waals surface area contributed by atoms with Crippen molar-refractivity contribution in [1.29, 1.82) is 0 Å². The lowest BCUT2D eigenvalue weighted by Gasteiger charge is -2.13. The minimum atomic E-state index is -1.32. The van der Waals surface area contributed by atoms with Gasteiger partial charge in [-0.15, -0.1) is 0 Å². The molecule has 0 aliphatic heterocycles. The van der Waals surface area contributed by atoms with Crippen molar-refractivity contribution in [3.05, 3.63) is 45.0 Å². The smallest absolute Gasteiger partial charge is 0.341 e. The summed E-state index contributed by atoms with van der Waals surface area (Å²) in [6.45, 7) is 1.69. The van der Waals surface area contributed by atoms with Gasteiger partial charge in [-0.3, -0.25) is 4.79 Å². The lowest BCUT2D eigenvalue weighted by Crippen LogP contribution is -2.19. The van der Waals surface area contributed by atoms with Crippen molar-refractivity contribution < 1.29 is 14.3 Å². The summed E-state index contributed by atoms with van der Waals surface area (Å²) in [5, 5.41) is 9.04. The Labute approximate surface area is 113 Å². The highest BCUT2D eigenvalue weighted by molar-refractivity contribution is 7.79. The van der Waals surface area contributed by atoms with Crippen LogP contribution in [0.25, 0.3) is 10.9 Å². The molecule has 0 radical (unpaired) electrons. The van der Waals surface area contributed by atoms with Crippen LogP contribution in [-0.4, -0.2) is 15.6 Å². The molecule has 1 N–H and O–H groups in total. The summed E-state index contributed by atoms with van der Waals surface area (Å²) in [7, 11) is 1.63. The van der Waals surface area contributed by atoms with Gasteiger partial charge in [0.25, 0.3) is 0 Å². The Hall–Kier alpha value is -1.82. The Morgan fingerprint density at radius 1 is 1.53 bits per heavy atom. The monoisotopic (exact) mass is 281 g/mol. The number of carbonyl (C=O) groups is 1. The number of aryl methyl sites for hydroxylation is 2. The molecule has 0 aliphatic rings. The van der Waals surface area contributed by atoms with E-state index in [0.717, 1.165) is 6.07 Å². The molecular weight excluding hydrogens is 269 g/mol. The van der Waals surface area contributed by atoms with E-state index in [1.54, 1.807) is 14.0 Å². The van der Waals surface area contributed by atoms with Gasteiger partial charge in [0, 0.05) is 29.9 Å². The van der Waals surface area contributed by atoms with Crippen molar-refractivity contribution in [2.75, 3.05) is 0 Å². The molecule has 0 saturated heterocycles. The van der Waals surface area contributed by atoms with Crippen molar-refractivity contribution >= 4 is 29.5 Å². The maximum atomic E-state index is 13.9. The van der Waals surface area contributed by atoms with E-state index in [2.05, 4.69) is 12.6 Å². The summed E-state index contributed by atoms with van der Waals surface area (Å²) in [4.78, 5) is 23.0. The first kappa shape index (κ1) is 13.6. The third-order valence-corrected chi connectivity index (χ3v) is 3.49. The van der Waals surface area contributed by atoms with Gasteiger partial charge in [-0.1, -0.05) is 0 Å². The lowest BCUT2D eigenvalue weighted by molar-refractivity contribution is 0.0695. The van der Waals surface area contributed by atoms with E-state index in [1.807, 2.05) is 0 Å². The molecule has 1 aromatic heterocycles. The normalized spacial score (nSPS) is 10.9. The summed E-state index contributed by atoms with van der Waals surface area (Å²) in [6, 6.07) is 1.09. The zero-order chi connectivity index (χ0) is 14.3. The Balaban J connectivity index is 3.04. The molecule has 0 aliphatic carbocycles. The maximum absolute atomic E-state index is 13.9. The van der Waals surface area contributed by atoms with Crippen LogP contribution < -0.4 is 5.43 Å². The number of hydrogen-bond acceptors (Lipinski definition) is 3. The molecule has 0 fully saturated rings. The molecule has 0 spiro atoms. The fourth-order valence-corrected chi connectivity index (χ4v) is 2.63. The van der Waals surface area contributed by atoms with E-state index in [0.29, 0.717) is 16.6 Å². The van der Waals surface area contributed by atoms with E-state index in [9.17, 15) is 14.0 Å². The van der Waals surface area contributed by atoms with Crippen molar-refractivity contribution in [3.63, 3.8) is 0 Å². The number of aromatic carboxylic acids is 1. The molecule has 1 heterocycles. The average Bonchev–Trinajstić information content (AvgIpc) is 2.33. The number of pyridine rings is 1. The van der Waals surface area contributed by atoms with Gasteiger partial charge in [0.15, 0.2) is 0 Å². The fraction of sp³-hybridized carbons (Fsp3) is 0.231. The second-order valence-electron chi connectivity index (χ2n) is 4.30. The first-order valence-electron chi connectivity index (χ1n) is 5.54. The molecule has 19 heavy (non-hydrogen) atoms. The third-order valence-electron chi connectivity index (χ3n) is 3.18. The molecule has 4 nitrogen and oxygen atoms in total. The number of thiol groups is 1. The fourth-order valence-electron chi connectivity index (χ4n) is 2.24. The van der Waals surface area contributed by atoms with Gasteiger partial charge in [0.2, 0.25) is 5.43 Å². The molecule has 0 saturated carbocycles. The number of nitrogens with zero attached hydrogens (tertiary/aromatic N) is 1. The largest absolute Gasteiger partial charge is 0.477 e. The highest BCUT2D eigenvalue weighted by atomic mass is 32.1. The summed E-state index contributed by atoms with van der Waals surface area (Å²) in [6.07, 6.45) is 1.25. The quantitative estimate of drug-likeness (QED) is 0.829. The van der Waals surface area contributed by atoms with Crippen molar-refractivity contribution in [2.24, 2.45) is 7.05 Å². The number of fused-ring (bicyclic) bond motifs is 1. The van der Waals surface area contributed by atoms with Gasteiger partial charge >= 0.3 is 5.97 Å². The Morgan fingerprint density at radius 3 is 2.68 bits per heavy atom. The second-order valence-corrected chi connectivity index (χ2v) is 4.62. The van der Waals surface area contributed by atoms with Crippen LogP contribution in [0.15, 0.2) is 17.1 Å². The summed E-state index contributed by atoms with van der Waals surface area (Å²) < 4.78 is 15.4. The Kier molecular flexibility index (Phi) is 3.36. The van der Waals surface area contributed by atoms with Crippen molar-refractivity contribution in [1.82, 2.24) is 4.57 Å². The second kappa shape index (κ2) is 4.70. The first-order chi connectivity index (χ1) is 8.88. The predicted molar refractivity (Wildman–Crippen MR) is 73.5 cm³/mol. The number of carboxylic acids is 1. The standard InChI is InChI=1S/C13H12FNO3S/c1-6-9(5-19)10(14)3-7-11(6)15(2)4-8(12(7)16)13(17)18/h3-4,19H,5H2,1-2H3,(H,17,18). The molecule has 1 aromatic carbocycles. The van der Waals surface area contributed by atoms with E-state index in [1.165, 1.54) is 10.8 Å². The van der Waals surface area contributed by atoms with Crippen molar-refractivity contribution in [3.8, 4) is 0 Å². The van der Waals surface area contributed by atoms with Gasteiger partial charge in [0.05, 0.1) is 5.52 Å². The van der Waals surface area contributed by atoms with Gasteiger partial charge in [0.1, 0.15) is 11.4 Å². The van der Waals surface area contributed by atoms with E-state index < -0.39 is 17.2 Å². The van der Waals surface area contributed by atoms with Gasteiger partial charge in [-0.25, -0.2) is 9.18 Å². The van der Waals surface area contributed by atoms with Gasteiger partial charge in [-0.05, 0) is 18.6 Å².